The van der Waals surface area contributed by atoms with Gasteiger partial charge in [0.15, 0.2) is 0 Å². The molecule has 8 nitrogen and oxygen atoms in total. The third-order valence-corrected chi connectivity index (χ3v) is 10.2. The predicted molar refractivity (Wildman–Crippen MR) is 246 cm³/mol. The number of allylic oxidation sites excluding steroid dienone is 15. The predicted octanol–water partition coefficient (Wildman–Crippen LogP) is 12.1. The highest BCUT2D eigenvalue weighted by molar-refractivity contribution is 7.45. The Labute approximate surface area is 356 Å². The minimum Gasteiger partial charge on any atom is -0.756 e. The van der Waals surface area contributed by atoms with Gasteiger partial charge in [-0.15, -0.1) is 0 Å². The number of amides is 1. The standard InChI is InChI=1S/C49H85N2O6P/c1-6-8-10-12-14-16-18-19-20-21-22-23-24-25-26-27-28-29-30-31-33-35-37-39-41-43-49(53)50-47(46-57-58(54,55)56-45-44-51(3,4)5)48(52)42-40-38-36-34-32-17-15-13-11-9-7-2/h8,10,14,16,19-20,22-23,25-26,28-29,32,34,40,42,47-48,52H,6-7,9,11-13,15,17-18,21,24,27,30-31,33,35-39,41,43-46H2,1-5H3,(H-,50,53,54,55)/b10-8-,16-14-,20-19-,23-22-,26-25-,29-28-,34-32+,42-40+. The van der Waals surface area contributed by atoms with E-state index < -0.39 is 26.6 Å². The van der Waals surface area contributed by atoms with Crippen molar-refractivity contribution in [1.29, 1.82) is 0 Å². The van der Waals surface area contributed by atoms with Gasteiger partial charge in [-0.25, -0.2) is 0 Å². The molecule has 3 unspecified atom stereocenters. The van der Waals surface area contributed by atoms with Gasteiger partial charge in [-0.1, -0.05) is 162 Å². The first-order chi connectivity index (χ1) is 28.0. The van der Waals surface area contributed by atoms with Crippen LogP contribution in [-0.2, 0) is 18.4 Å². The zero-order chi connectivity index (χ0) is 42.8. The summed E-state index contributed by atoms with van der Waals surface area (Å²) in [4.78, 5) is 25.3. The molecule has 332 valence electrons. The van der Waals surface area contributed by atoms with E-state index in [0.29, 0.717) is 17.4 Å². The quantitative estimate of drug-likeness (QED) is 0.0276. The van der Waals surface area contributed by atoms with Crippen molar-refractivity contribution in [2.45, 2.75) is 167 Å². The van der Waals surface area contributed by atoms with Crippen LogP contribution in [0.25, 0.3) is 0 Å². The van der Waals surface area contributed by atoms with Crippen LogP contribution in [0.2, 0.25) is 0 Å². The lowest BCUT2D eigenvalue weighted by molar-refractivity contribution is -0.870. The molecule has 3 atom stereocenters. The number of hydrogen-bond acceptors (Lipinski definition) is 6. The van der Waals surface area contributed by atoms with Crippen molar-refractivity contribution in [3.8, 4) is 0 Å². The number of likely N-dealkylation sites (N-methyl/N-ethyl adjacent to an activating group) is 1. The third kappa shape index (κ3) is 41.6. The highest BCUT2D eigenvalue weighted by atomic mass is 31.2. The summed E-state index contributed by atoms with van der Waals surface area (Å²) in [5.74, 6) is -0.229. The Morgan fingerprint density at radius 2 is 1.07 bits per heavy atom. The van der Waals surface area contributed by atoms with Crippen LogP contribution in [0.3, 0.4) is 0 Å². The fourth-order valence-corrected chi connectivity index (χ4v) is 6.42. The number of hydrogen-bond donors (Lipinski definition) is 2. The fraction of sp³-hybridized carbons (Fsp3) is 0.653. The lowest BCUT2D eigenvalue weighted by atomic mass is 10.1. The first-order valence-electron chi connectivity index (χ1n) is 22.6. The van der Waals surface area contributed by atoms with E-state index in [0.717, 1.165) is 103 Å². The SMILES string of the molecule is CC/C=C\C/C=C\C/C=C\C/C=C\C/C=C\C/C=C\CCCCCCCCC(=O)NC(COP(=O)([O-])OCC[N+](C)(C)C)C(O)/C=C/CC/C=C/CCCCCCC. The molecule has 0 aromatic heterocycles. The number of nitrogens with zero attached hydrogens (tertiary/aromatic N) is 1. The molecule has 0 spiro atoms. The second-order valence-corrected chi connectivity index (χ2v) is 17.4. The van der Waals surface area contributed by atoms with Gasteiger partial charge in [0.25, 0.3) is 7.82 Å². The van der Waals surface area contributed by atoms with E-state index in [2.05, 4.69) is 104 Å². The Morgan fingerprint density at radius 3 is 1.60 bits per heavy atom. The summed E-state index contributed by atoms with van der Waals surface area (Å²) in [5.41, 5.74) is 0. The Balaban J connectivity index is 4.38. The molecular weight excluding hydrogens is 744 g/mol. The first kappa shape index (κ1) is 55.4. The fourth-order valence-electron chi connectivity index (χ4n) is 5.70. The maximum Gasteiger partial charge on any atom is 0.268 e. The molecule has 0 aliphatic carbocycles. The lowest BCUT2D eigenvalue weighted by Gasteiger charge is -2.29. The molecular formula is C49H85N2O6P. The molecule has 0 aromatic rings. The maximum atomic E-state index is 12.8. The normalized spacial score (nSPS) is 15.2. The van der Waals surface area contributed by atoms with Crippen molar-refractivity contribution in [1.82, 2.24) is 5.32 Å². The molecule has 0 aliphatic rings. The molecule has 0 aromatic carbocycles. The monoisotopic (exact) mass is 829 g/mol. The average molecular weight is 829 g/mol. The summed E-state index contributed by atoms with van der Waals surface area (Å²) in [6, 6.07) is -0.916. The van der Waals surface area contributed by atoms with Gasteiger partial charge in [0.05, 0.1) is 39.9 Å². The summed E-state index contributed by atoms with van der Waals surface area (Å²) in [7, 11) is 1.21. The second-order valence-electron chi connectivity index (χ2n) is 16.0. The summed E-state index contributed by atoms with van der Waals surface area (Å²) >= 11 is 0. The summed E-state index contributed by atoms with van der Waals surface area (Å²) in [6.07, 6.45) is 56.0. The van der Waals surface area contributed by atoms with E-state index in [1.165, 1.54) is 32.1 Å². The topological polar surface area (TPSA) is 108 Å². The third-order valence-electron chi connectivity index (χ3n) is 9.28. The van der Waals surface area contributed by atoms with Crippen LogP contribution in [0.15, 0.2) is 97.2 Å². The van der Waals surface area contributed by atoms with E-state index in [4.69, 9.17) is 9.05 Å². The van der Waals surface area contributed by atoms with Gasteiger partial charge >= 0.3 is 0 Å². The summed E-state index contributed by atoms with van der Waals surface area (Å²) < 4.78 is 23.1. The number of aliphatic hydroxyl groups excluding tert-OH is 1. The first-order valence-corrected chi connectivity index (χ1v) is 24.1. The van der Waals surface area contributed by atoms with Gasteiger partial charge in [0.2, 0.25) is 5.91 Å². The zero-order valence-electron chi connectivity index (χ0n) is 37.5. The molecule has 2 N–H and O–H groups in total. The molecule has 0 bridgehead atoms. The number of phosphoric acid groups is 1. The van der Waals surface area contributed by atoms with Crippen LogP contribution >= 0.6 is 7.82 Å². The number of carbonyl (C=O) groups excluding carboxylic acids is 1. The van der Waals surface area contributed by atoms with E-state index in [-0.39, 0.29) is 12.5 Å². The van der Waals surface area contributed by atoms with Crippen LogP contribution in [0, 0.1) is 0 Å². The van der Waals surface area contributed by atoms with Crippen molar-refractivity contribution >= 4 is 13.7 Å². The Morgan fingerprint density at radius 1 is 0.621 bits per heavy atom. The van der Waals surface area contributed by atoms with Crippen molar-refractivity contribution in [3.05, 3.63) is 97.2 Å². The highest BCUT2D eigenvalue weighted by Gasteiger charge is 2.23. The number of nitrogens with one attached hydrogen (secondary N) is 1. The number of carbonyl (C=O) groups is 1. The molecule has 9 heteroatoms. The maximum absolute atomic E-state index is 12.8. The van der Waals surface area contributed by atoms with Gasteiger partial charge < -0.3 is 28.8 Å². The van der Waals surface area contributed by atoms with Crippen molar-refractivity contribution < 1.29 is 32.9 Å². The van der Waals surface area contributed by atoms with Crippen LogP contribution in [0.4, 0.5) is 0 Å². The van der Waals surface area contributed by atoms with E-state index in [1.54, 1.807) is 6.08 Å². The van der Waals surface area contributed by atoms with Crippen LogP contribution < -0.4 is 10.2 Å². The van der Waals surface area contributed by atoms with Gasteiger partial charge in [0.1, 0.15) is 13.2 Å². The largest absolute Gasteiger partial charge is 0.756 e. The molecule has 0 radical (unpaired) electrons. The van der Waals surface area contributed by atoms with Crippen molar-refractivity contribution in [3.63, 3.8) is 0 Å². The Bertz CT molecular complexity index is 1260. The van der Waals surface area contributed by atoms with Gasteiger partial charge in [0, 0.05) is 6.42 Å². The number of quaternary nitrogens is 1. The zero-order valence-corrected chi connectivity index (χ0v) is 38.3. The molecule has 0 fully saturated rings. The van der Waals surface area contributed by atoms with E-state index >= 15 is 0 Å². The molecule has 58 heavy (non-hydrogen) atoms. The number of phosphoric ester groups is 1. The van der Waals surface area contributed by atoms with Crippen LogP contribution in [-0.4, -0.2) is 68.5 Å². The molecule has 0 saturated carbocycles. The second kappa shape index (κ2) is 39.9. The minimum absolute atomic E-state index is 0.0154. The molecule has 1 amide bonds. The van der Waals surface area contributed by atoms with Gasteiger partial charge in [-0.3, -0.25) is 9.36 Å². The number of unbranched alkanes of at least 4 members (excludes halogenated alkanes) is 12. The average Bonchev–Trinajstić information content (AvgIpc) is 3.17. The smallest absolute Gasteiger partial charge is 0.268 e. The highest BCUT2D eigenvalue weighted by Crippen LogP contribution is 2.38. The summed E-state index contributed by atoms with van der Waals surface area (Å²) in [6.45, 7) is 4.44. The van der Waals surface area contributed by atoms with Crippen LogP contribution in [0.1, 0.15) is 155 Å². The number of aliphatic hydroxyl groups is 1. The lowest BCUT2D eigenvalue weighted by Crippen LogP contribution is -2.45. The van der Waals surface area contributed by atoms with E-state index in [9.17, 15) is 19.4 Å². The minimum atomic E-state index is -4.60. The molecule has 0 rings (SSSR count). The Hall–Kier alpha value is -2.58. The van der Waals surface area contributed by atoms with Gasteiger partial charge in [-0.05, 0) is 83.5 Å². The van der Waals surface area contributed by atoms with Crippen molar-refractivity contribution in [2.24, 2.45) is 0 Å². The molecule has 0 saturated heterocycles. The summed E-state index contributed by atoms with van der Waals surface area (Å²) in [5, 5.41) is 13.7. The van der Waals surface area contributed by atoms with Crippen molar-refractivity contribution in [2.75, 3.05) is 40.9 Å². The van der Waals surface area contributed by atoms with Crippen LogP contribution in [0.5, 0.6) is 0 Å². The molecule has 0 heterocycles. The molecule has 0 aliphatic heterocycles. The number of rotatable bonds is 39. The van der Waals surface area contributed by atoms with Gasteiger partial charge in [-0.2, -0.15) is 0 Å². The Kier molecular flexibility index (Phi) is 38.1. The van der Waals surface area contributed by atoms with E-state index in [1.807, 2.05) is 27.2 Å².